The minimum atomic E-state index is 0.613. The Morgan fingerprint density at radius 3 is 2.29 bits per heavy atom. The lowest BCUT2D eigenvalue weighted by molar-refractivity contribution is 0.173. The van der Waals surface area contributed by atoms with E-state index in [2.05, 4.69) is 39.0 Å². The zero-order valence-corrected chi connectivity index (χ0v) is 14.9. The van der Waals surface area contributed by atoms with Crippen LogP contribution in [-0.4, -0.2) is 63.9 Å². The van der Waals surface area contributed by atoms with E-state index in [-0.39, 0.29) is 0 Å². The summed E-state index contributed by atoms with van der Waals surface area (Å²) in [5, 5.41) is 9.87. The van der Waals surface area contributed by atoms with Gasteiger partial charge in [-0.2, -0.15) is 0 Å². The number of piperazine rings is 2. The van der Waals surface area contributed by atoms with Crippen molar-refractivity contribution in [3.8, 4) is 5.75 Å². The van der Waals surface area contributed by atoms with Crippen LogP contribution in [0.5, 0.6) is 5.75 Å². The fourth-order valence-electron chi connectivity index (χ4n) is 3.79. The minimum Gasteiger partial charge on any atom is -0.494 e. The Morgan fingerprint density at radius 1 is 1.00 bits per heavy atom. The summed E-state index contributed by atoms with van der Waals surface area (Å²) in [6.07, 6.45) is 2.49. The van der Waals surface area contributed by atoms with Crippen LogP contribution in [0.1, 0.15) is 30.5 Å². The number of hydrogen-bond donors (Lipinski definition) is 3. The average molecular weight is 332 g/mol. The summed E-state index contributed by atoms with van der Waals surface area (Å²) in [5.41, 5.74) is 3.02. The van der Waals surface area contributed by atoms with Crippen LogP contribution in [0.2, 0.25) is 0 Å². The largest absolute Gasteiger partial charge is 0.494 e. The molecule has 1 atom stereocenters. The Labute approximate surface area is 146 Å². The molecule has 3 N–H and O–H groups in total. The van der Waals surface area contributed by atoms with E-state index >= 15 is 0 Å². The summed E-state index contributed by atoms with van der Waals surface area (Å²) < 4.78 is 5.64. The zero-order valence-electron chi connectivity index (χ0n) is 14.9. The highest BCUT2D eigenvalue weighted by Crippen LogP contribution is 2.37. The van der Waals surface area contributed by atoms with Gasteiger partial charge in [-0.1, -0.05) is 6.07 Å². The molecular weight excluding hydrogens is 300 g/mol. The summed E-state index contributed by atoms with van der Waals surface area (Å²) >= 11 is 0. The number of fused-ring (bicyclic) bond motifs is 1. The lowest BCUT2D eigenvalue weighted by atomic mass is 10.1. The van der Waals surface area contributed by atoms with E-state index in [0.29, 0.717) is 6.04 Å². The topological polar surface area (TPSA) is 48.6 Å². The van der Waals surface area contributed by atoms with Crippen LogP contribution in [0.3, 0.4) is 0 Å². The molecule has 5 heteroatoms. The fraction of sp³-hybridized carbons (Fsp3) is 0.684. The van der Waals surface area contributed by atoms with E-state index in [1.165, 1.54) is 37.1 Å². The molecule has 0 amide bonds. The first-order chi connectivity index (χ1) is 11.9. The third-order valence-corrected chi connectivity index (χ3v) is 5.02. The van der Waals surface area contributed by atoms with Gasteiger partial charge in [0.1, 0.15) is 5.75 Å². The van der Waals surface area contributed by atoms with E-state index in [1.54, 1.807) is 0 Å². The highest BCUT2D eigenvalue weighted by Gasteiger charge is 2.28. The maximum absolute atomic E-state index is 5.64. The van der Waals surface area contributed by atoms with Gasteiger partial charge >= 0.3 is 0 Å². The second-order valence-electron chi connectivity index (χ2n) is 6.63. The van der Waals surface area contributed by atoms with Crippen LogP contribution in [-0.2, 0) is 6.42 Å². The first-order valence-corrected chi connectivity index (χ1v) is 9.50. The van der Waals surface area contributed by atoms with Crippen LogP contribution < -0.4 is 20.7 Å². The molecule has 1 unspecified atom stereocenters. The molecule has 1 aromatic rings. The first-order valence-electron chi connectivity index (χ1n) is 9.50. The predicted molar refractivity (Wildman–Crippen MR) is 98.9 cm³/mol. The van der Waals surface area contributed by atoms with Crippen molar-refractivity contribution >= 4 is 0 Å². The molecule has 1 aliphatic carbocycles. The number of aryl methyl sites for hydroxylation is 1. The van der Waals surface area contributed by atoms with Gasteiger partial charge in [0, 0.05) is 58.4 Å². The Hall–Kier alpha value is -1.14. The monoisotopic (exact) mass is 332 g/mol. The van der Waals surface area contributed by atoms with Gasteiger partial charge < -0.3 is 20.7 Å². The number of benzene rings is 1. The Bertz CT molecular complexity index is 487. The van der Waals surface area contributed by atoms with E-state index in [4.69, 9.17) is 4.74 Å². The van der Waals surface area contributed by atoms with Gasteiger partial charge in [0.15, 0.2) is 0 Å². The van der Waals surface area contributed by atoms with Crippen molar-refractivity contribution in [2.24, 2.45) is 0 Å². The molecule has 0 radical (unpaired) electrons. The van der Waals surface area contributed by atoms with Gasteiger partial charge in [-0.05, 0) is 43.0 Å². The predicted octanol–water partition coefficient (Wildman–Crippen LogP) is 1.16. The number of rotatable bonds is 3. The Morgan fingerprint density at radius 2 is 1.67 bits per heavy atom. The Balaban J connectivity index is 0.000000238. The molecule has 0 aromatic heterocycles. The smallest absolute Gasteiger partial charge is 0.119 e. The highest BCUT2D eigenvalue weighted by atomic mass is 16.5. The molecule has 2 aliphatic heterocycles. The number of hydrogen-bond acceptors (Lipinski definition) is 5. The van der Waals surface area contributed by atoms with Gasteiger partial charge in [-0.15, -0.1) is 0 Å². The third-order valence-electron chi connectivity index (χ3n) is 5.02. The lowest BCUT2D eigenvalue weighted by Crippen LogP contribution is -2.44. The maximum atomic E-state index is 5.64. The minimum absolute atomic E-state index is 0.613. The summed E-state index contributed by atoms with van der Waals surface area (Å²) in [6.45, 7) is 11.9. The molecule has 2 fully saturated rings. The quantitative estimate of drug-likeness (QED) is 0.775. The third kappa shape index (κ3) is 4.70. The van der Waals surface area contributed by atoms with E-state index in [1.807, 2.05) is 6.92 Å². The lowest BCUT2D eigenvalue weighted by Gasteiger charge is -2.33. The van der Waals surface area contributed by atoms with E-state index in [0.717, 1.165) is 51.6 Å². The van der Waals surface area contributed by atoms with Crippen molar-refractivity contribution in [1.29, 1.82) is 0 Å². The van der Waals surface area contributed by atoms with Gasteiger partial charge in [0.25, 0.3) is 0 Å². The molecule has 3 aliphatic rings. The van der Waals surface area contributed by atoms with Gasteiger partial charge in [-0.3, -0.25) is 4.90 Å². The SMILES string of the molecule is C1CNCCN1.CCOc1ccc2c(c1)C(N1CCNCC1)CC2. The number of nitrogens with one attached hydrogen (secondary N) is 3. The highest BCUT2D eigenvalue weighted by molar-refractivity contribution is 5.41. The molecule has 0 saturated carbocycles. The van der Waals surface area contributed by atoms with Gasteiger partial charge in [0.05, 0.1) is 6.61 Å². The maximum Gasteiger partial charge on any atom is 0.119 e. The summed E-state index contributed by atoms with van der Waals surface area (Å²) in [6, 6.07) is 7.24. The van der Waals surface area contributed by atoms with Crippen molar-refractivity contribution in [3.05, 3.63) is 29.3 Å². The van der Waals surface area contributed by atoms with Crippen molar-refractivity contribution in [3.63, 3.8) is 0 Å². The van der Waals surface area contributed by atoms with Crippen molar-refractivity contribution < 1.29 is 4.74 Å². The number of nitrogens with zero attached hydrogens (tertiary/aromatic N) is 1. The molecule has 1 aromatic carbocycles. The molecule has 2 saturated heterocycles. The molecule has 134 valence electrons. The van der Waals surface area contributed by atoms with Crippen molar-refractivity contribution in [2.75, 3.05) is 59.0 Å². The van der Waals surface area contributed by atoms with E-state index < -0.39 is 0 Å². The summed E-state index contributed by atoms with van der Waals surface area (Å²) in [7, 11) is 0. The average Bonchev–Trinajstić information content (AvgIpc) is 3.08. The zero-order chi connectivity index (χ0) is 16.6. The molecule has 5 nitrogen and oxygen atoms in total. The van der Waals surface area contributed by atoms with Crippen LogP contribution in [0.4, 0.5) is 0 Å². The van der Waals surface area contributed by atoms with Crippen molar-refractivity contribution in [1.82, 2.24) is 20.9 Å². The van der Waals surface area contributed by atoms with Gasteiger partial charge in [0.2, 0.25) is 0 Å². The molecule has 0 bridgehead atoms. The second kappa shape index (κ2) is 9.37. The molecule has 4 rings (SSSR count). The van der Waals surface area contributed by atoms with Crippen molar-refractivity contribution in [2.45, 2.75) is 25.8 Å². The van der Waals surface area contributed by atoms with Crippen LogP contribution >= 0.6 is 0 Å². The molecule has 2 heterocycles. The second-order valence-corrected chi connectivity index (χ2v) is 6.63. The van der Waals surface area contributed by atoms with Crippen LogP contribution in [0.25, 0.3) is 0 Å². The van der Waals surface area contributed by atoms with Crippen LogP contribution in [0, 0.1) is 0 Å². The molecule has 0 spiro atoms. The Kier molecular flexibility index (Phi) is 6.90. The summed E-state index contributed by atoms with van der Waals surface area (Å²) in [4.78, 5) is 2.62. The summed E-state index contributed by atoms with van der Waals surface area (Å²) in [5.74, 6) is 1.03. The fourth-order valence-corrected chi connectivity index (χ4v) is 3.79. The molecule has 24 heavy (non-hydrogen) atoms. The first kappa shape index (κ1) is 17.7. The van der Waals surface area contributed by atoms with Crippen LogP contribution in [0.15, 0.2) is 18.2 Å². The number of ether oxygens (including phenoxy) is 1. The standard InChI is InChI=1S/C15H22N2O.C4H10N2/c1-2-18-13-5-3-12-4-6-15(14(12)11-13)17-9-7-16-8-10-17;1-2-6-4-3-5-1/h3,5,11,15-16H,2,4,6-10H2,1H3;5-6H,1-4H2. The normalized spacial score (nSPS) is 24.0. The van der Waals surface area contributed by atoms with E-state index in [9.17, 15) is 0 Å². The van der Waals surface area contributed by atoms with Gasteiger partial charge in [-0.25, -0.2) is 0 Å². The molecular formula is C19H32N4O.